The van der Waals surface area contributed by atoms with Gasteiger partial charge in [-0.25, -0.2) is 0 Å². The maximum Gasteiger partial charge on any atom is 0.255 e. The molecule has 0 aliphatic rings. The van der Waals surface area contributed by atoms with Crippen LogP contribution in [-0.4, -0.2) is 5.91 Å². The molecule has 2 rings (SSSR count). The zero-order valence-corrected chi connectivity index (χ0v) is 12.2. The number of nitrogens with two attached hydrogens (primary N) is 1. The highest BCUT2D eigenvalue weighted by Crippen LogP contribution is 2.19. The second-order valence-electron chi connectivity index (χ2n) is 5.10. The lowest BCUT2D eigenvalue weighted by Gasteiger charge is -2.09. The first-order valence-electron chi connectivity index (χ1n) is 6.77. The number of nitrogens with one attached hydrogen (secondary N) is 1. The summed E-state index contributed by atoms with van der Waals surface area (Å²) in [6.07, 6.45) is 0.886. The average Bonchev–Trinajstić information content (AvgIpc) is 2.37. The molecule has 3 heteroatoms. The SMILES string of the molecule is CCc1ccc(NC(=O)c2cc(C)cc(C)c2)cc1N. The maximum atomic E-state index is 12.2. The fraction of sp³-hybridized carbons (Fsp3) is 0.235. The molecule has 0 aliphatic carbocycles. The van der Waals surface area contributed by atoms with Crippen LogP contribution in [0.2, 0.25) is 0 Å². The average molecular weight is 268 g/mol. The predicted molar refractivity (Wildman–Crippen MR) is 84.1 cm³/mol. The minimum Gasteiger partial charge on any atom is -0.398 e. The number of nitrogen functional groups attached to an aromatic ring is 1. The van der Waals surface area contributed by atoms with Gasteiger partial charge >= 0.3 is 0 Å². The van der Waals surface area contributed by atoms with Gasteiger partial charge in [-0.05, 0) is 50.1 Å². The summed E-state index contributed by atoms with van der Waals surface area (Å²) in [6, 6.07) is 11.4. The Bertz CT molecular complexity index is 627. The van der Waals surface area contributed by atoms with E-state index in [0.29, 0.717) is 11.3 Å². The first-order valence-corrected chi connectivity index (χ1v) is 6.77. The Balaban J connectivity index is 2.21. The molecule has 1 amide bonds. The van der Waals surface area contributed by atoms with Crippen molar-refractivity contribution in [2.75, 3.05) is 11.1 Å². The Morgan fingerprint density at radius 3 is 2.30 bits per heavy atom. The molecule has 2 aromatic carbocycles. The lowest BCUT2D eigenvalue weighted by atomic mass is 10.1. The van der Waals surface area contributed by atoms with Crippen LogP contribution < -0.4 is 11.1 Å². The van der Waals surface area contributed by atoms with Crippen LogP contribution in [0.3, 0.4) is 0 Å². The van der Waals surface area contributed by atoms with Crippen molar-refractivity contribution >= 4 is 17.3 Å². The molecule has 0 bridgehead atoms. The summed E-state index contributed by atoms with van der Waals surface area (Å²) in [6.45, 7) is 6.02. The molecule has 3 N–H and O–H groups in total. The van der Waals surface area contributed by atoms with Crippen molar-refractivity contribution in [3.05, 3.63) is 58.7 Å². The van der Waals surface area contributed by atoms with Crippen LogP contribution in [0, 0.1) is 13.8 Å². The molecule has 0 saturated carbocycles. The number of carbonyl (C=O) groups excluding carboxylic acids is 1. The quantitative estimate of drug-likeness (QED) is 0.834. The van der Waals surface area contributed by atoms with E-state index in [1.807, 2.05) is 44.2 Å². The summed E-state index contributed by atoms with van der Waals surface area (Å²) in [5.41, 5.74) is 11.3. The standard InChI is InChI=1S/C17H20N2O/c1-4-13-5-6-15(10-16(13)18)19-17(20)14-8-11(2)7-12(3)9-14/h5-10H,4,18H2,1-3H3,(H,19,20). The third kappa shape index (κ3) is 3.18. The molecular weight excluding hydrogens is 248 g/mol. The van der Waals surface area contributed by atoms with E-state index in [1.54, 1.807) is 6.07 Å². The molecule has 0 saturated heterocycles. The Kier molecular flexibility index (Phi) is 4.08. The van der Waals surface area contributed by atoms with Crippen molar-refractivity contribution in [1.29, 1.82) is 0 Å². The fourth-order valence-electron chi connectivity index (χ4n) is 2.30. The normalized spacial score (nSPS) is 10.3. The smallest absolute Gasteiger partial charge is 0.255 e. The van der Waals surface area contributed by atoms with Gasteiger partial charge in [0.2, 0.25) is 0 Å². The monoisotopic (exact) mass is 268 g/mol. The first kappa shape index (κ1) is 14.1. The number of anilines is 2. The molecule has 104 valence electrons. The van der Waals surface area contributed by atoms with Crippen LogP contribution in [0.15, 0.2) is 36.4 Å². The van der Waals surface area contributed by atoms with Gasteiger partial charge in [0.25, 0.3) is 5.91 Å². The number of aryl methyl sites for hydroxylation is 3. The minimum atomic E-state index is -0.111. The van der Waals surface area contributed by atoms with Crippen molar-refractivity contribution in [2.24, 2.45) is 0 Å². The molecule has 0 spiro atoms. The Morgan fingerprint density at radius 2 is 1.75 bits per heavy atom. The number of rotatable bonds is 3. The molecule has 0 radical (unpaired) electrons. The molecule has 20 heavy (non-hydrogen) atoms. The Labute approximate surface area is 119 Å². The largest absolute Gasteiger partial charge is 0.398 e. The van der Waals surface area contributed by atoms with E-state index in [1.165, 1.54) is 0 Å². The number of amides is 1. The zero-order valence-electron chi connectivity index (χ0n) is 12.2. The summed E-state index contributed by atoms with van der Waals surface area (Å²) in [7, 11) is 0. The summed E-state index contributed by atoms with van der Waals surface area (Å²) < 4.78 is 0. The Morgan fingerprint density at radius 1 is 1.10 bits per heavy atom. The van der Waals surface area contributed by atoms with Crippen molar-refractivity contribution in [1.82, 2.24) is 0 Å². The molecule has 0 aliphatic heterocycles. The second kappa shape index (κ2) is 5.78. The van der Waals surface area contributed by atoms with E-state index in [4.69, 9.17) is 5.73 Å². The van der Waals surface area contributed by atoms with Crippen LogP contribution in [0.4, 0.5) is 11.4 Å². The highest BCUT2D eigenvalue weighted by molar-refractivity contribution is 6.04. The number of benzene rings is 2. The van der Waals surface area contributed by atoms with E-state index in [-0.39, 0.29) is 5.91 Å². The molecule has 0 aromatic heterocycles. The van der Waals surface area contributed by atoms with Gasteiger partial charge in [-0.3, -0.25) is 4.79 Å². The van der Waals surface area contributed by atoms with E-state index < -0.39 is 0 Å². The lowest BCUT2D eigenvalue weighted by Crippen LogP contribution is -2.12. The third-order valence-electron chi connectivity index (χ3n) is 3.27. The van der Waals surface area contributed by atoms with Crippen molar-refractivity contribution in [3.63, 3.8) is 0 Å². The molecule has 0 unspecified atom stereocenters. The highest BCUT2D eigenvalue weighted by atomic mass is 16.1. The van der Waals surface area contributed by atoms with Gasteiger partial charge in [0, 0.05) is 16.9 Å². The van der Waals surface area contributed by atoms with Crippen molar-refractivity contribution in [2.45, 2.75) is 27.2 Å². The van der Waals surface area contributed by atoms with Gasteiger partial charge in [-0.1, -0.05) is 30.2 Å². The fourth-order valence-corrected chi connectivity index (χ4v) is 2.30. The van der Waals surface area contributed by atoms with E-state index >= 15 is 0 Å². The van der Waals surface area contributed by atoms with Gasteiger partial charge in [0.1, 0.15) is 0 Å². The van der Waals surface area contributed by atoms with Crippen LogP contribution in [0.5, 0.6) is 0 Å². The predicted octanol–water partition coefficient (Wildman–Crippen LogP) is 3.70. The molecule has 3 nitrogen and oxygen atoms in total. The van der Waals surface area contributed by atoms with Crippen LogP contribution in [0.1, 0.15) is 34.0 Å². The second-order valence-corrected chi connectivity index (χ2v) is 5.10. The summed E-state index contributed by atoms with van der Waals surface area (Å²) in [5, 5.41) is 2.89. The summed E-state index contributed by atoms with van der Waals surface area (Å²) in [4.78, 5) is 12.2. The maximum absolute atomic E-state index is 12.2. The zero-order chi connectivity index (χ0) is 14.7. The topological polar surface area (TPSA) is 55.1 Å². The van der Waals surface area contributed by atoms with Crippen LogP contribution in [0.25, 0.3) is 0 Å². The van der Waals surface area contributed by atoms with Crippen molar-refractivity contribution < 1.29 is 4.79 Å². The molecule has 0 atom stereocenters. The van der Waals surface area contributed by atoms with E-state index in [0.717, 1.165) is 28.8 Å². The Hall–Kier alpha value is -2.29. The number of carbonyl (C=O) groups is 1. The molecule has 0 heterocycles. The highest BCUT2D eigenvalue weighted by Gasteiger charge is 2.08. The van der Waals surface area contributed by atoms with Crippen LogP contribution >= 0.6 is 0 Å². The molecular formula is C17H20N2O. The van der Waals surface area contributed by atoms with Gasteiger partial charge in [-0.2, -0.15) is 0 Å². The molecule has 2 aromatic rings. The van der Waals surface area contributed by atoms with Crippen LogP contribution in [-0.2, 0) is 6.42 Å². The first-order chi connectivity index (χ1) is 9.49. The number of hydrogen-bond acceptors (Lipinski definition) is 2. The summed E-state index contributed by atoms with van der Waals surface area (Å²) in [5.74, 6) is -0.111. The van der Waals surface area contributed by atoms with Gasteiger partial charge in [0.15, 0.2) is 0 Å². The third-order valence-corrected chi connectivity index (χ3v) is 3.27. The van der Waals surface area contributed by atoms with Gasteiger partial charge in [0.05, 0.1) is 0 Å². The minimum absolute atomic E-state index is 0.111. The van der Waals surface area contributed by atoms with E-state index in [2.05, 4.69) is 12.2 Å². The number of hydrogen-bond donors (Lipinski definition) is 2. The summed E-state index contributed by atoms with van der Waals surface area (Å²) >= 11 is 0. The van der Waals surface area contributed by atoms with Crippen molar-refractivity contribution in [3.8, 4) is 0 Å². The van der Waals surface area contributed by atoms with Gasteiger partial charge < -0.3 is 11.1 Å². The lowest BCUT2D eigenvalue weighted by molar-refractivity contribution is 0.102. The van der Waals surface area contributed by atoms with E-state index in [9.17, 15) is 4.79 Å². The molecule has 0 fully saturated rings. The van der Waals surface area contributed by atoms with Gasteiger partial charge in [-0.15, -0.1) is 0 Å².